The molecule has 8 heteroatoms. The molecule has 0 saturated heterocycles. The molecule has 1 heterocycles. The minimum Gasteiger partial charge on any atom is -0.493 e. The molecular weight excluding hydrogens is 506 g/mol. The summed E-state index contributed by atoms with van der Waals surface area (Å²) in [6.45, 7) is 9.94. The Kier molecular flexibility index (Phi) is 13.6. The summed E-state index contributed by atoms with van der Waals surface area (Å²) in [7, 11) is 3.16. The third-order valence-electron chi connectivity index (χ3n) is 5.77. The summed E-state index contributed by atoms with van der Waals surface area (Å²) in [5.74, 6) is 1.71. The molecule has 0 aliphatic heterocycles. The van der Waals surface area contributed by atoms with Crippen LogP contribution in [0.3, 0.4) is 0 Å². The van der Waals surface area contributed by atoms with Crippen LogP contribution in [-0.4, -0.2) is 48.1 Å². The zero-order chi connectivity index (χ0) is 29.4. The van der Waals surface area contributed by atoms with Crippen molar-refractivity contribution in [2.45, 2.75) is 71.3 Å². The molecule has 1 N–H and O–H groups in total. The van der Waals surface area contributed by atoms with Crippen LogP contribution in [-0.2, 0) is 30.2 Å². The number of rotatable bonds is 17. The lowest BCUT2D eigenvalue weighted by atomic mass is 10.0. The third-order valence-corrected chi connectivity index (χ3v) is 5.77. The van der Waals surface area contributed by atoms with Gasteiger partial charge in [-0.25, -0.2) is 9.97 Å². The van der Waals surface area contributed by atoms with Gasteiger partial charge in [0.05, 0.1) is 19.9 Å². The summed E-state index contributed by atoms with van der Waals surface area (Å²) < 4.78 is 15.9. The van der Waals surface area contributed by atoms with Crippen LogP contribution in [0.2, 0.25) is 0 Å². The average molecular weight is 550 g/mol. The lowest BCUT2D eigenvalue weighted by molar-refractivity contribution is -0.154. The Bertz CT molecular complexity index is 1180. The van der Waals surface area contributed by atoms with Crippen molar-refractivity contribution in [1.29, 1.82) is 0 Å². The van der Waals surface area contributed by atoms with Gasteiger partial charge in [0.15, 0.2) is 11.5 Å². The summed E-state index contributed by atoms with van der Waals surface area (Å²) in [5, 5.41) is 3.24. The van der Waals surface area contributed by atoms with Gasteiger partial charge in [0, 0.05) is 37.6 Å². The van der Waals surface area contributed by atoms with Gasteiger partial charge in [0.25, 0.3) is 0 Å². The Labute approximate surface area is 238 Å². The maximum atomic E-state index is 12.5. The second-order valence-electron chi connectivity index (χ2n) is 10.3. The van der Waals surface area contributed by atoms with E-state index in [9.17, 15) is 9.59 Å². The van der Waals surface area contributed by atoms with Crippen LogP contribution < -0.4 is 5.32 Å². The zero-order valence-electron chi connectivity index (χ0n) is 24.5. The van der Waals surface area contributed by atoms with Gasteiger partial charge in [-0.1, -0.05) is 37.3 Å². The van der Waals surface area contributed by atoms with Crippen LogP contribution in [0.15, 0.2) is 72.9 Å². The smallest absolute Gasteiger partial charge is 0.306 e. The number of nitrogens with zero attached hydrogens (tertiary/aromatic N) is 2. The molecule has 0 bridgehead atoms. The number of carbonyl (C=O) groups excluding carboxylic acids is 2. The Hall–Kier alpha value is -3.94. The molecule has 216 valence electrons. The van der Waals surface area contributed by atoms with Gasteiger partial charge >= 0.3 is 5.97 Å². The summed E-state index contributed by atoms with van der Waals surface area (Å²) in [6, 6.07) is 9.73. The molecule has 0 aliphatic rings. The van der Waals surface area contributed by atoms with E-state index in [2.05, 4.69) is 21.9 Å². The summed E-state index contributed by atoms with van der Waals surface area (Å²) >= 11 is 0. The number of esters is 1. The molecular formula is C32H43N3O5. The largest absolute Gasteiger partial charge is 0.493 e. The summed E-state index contributed by atoms with van der Waals surface area (Å²) in [5.41, 5.74) is 2.20. The number of ether oxygens (including phenoxy) is 3. The van der Waals surface area contributed by atoms with E-state index in [-0.39, 0.29) is 11.8 Å². The number of unbranched alkanes of at least 4 members (excludes halogenated alkanes) is 2. The number of Topliss-reactive ketones (excluding diaryl/α,β-unsaturated/α-hetero) is 1. The van der Waals surface area contributed by atoms with Crippen LogP contribution >= 0.6 is 0 Å². The number of allylic oxidation sites excluding steroid dienone is 2. The predicted molar refractivity (Wildman–Crippen MR) is 159 cm³/mol. The van der Waals surface area contributed by atoms with Crippen LogP contribution in [0, 0.1) is 0 Å². The van der Waals surface area contributed by atoms with Crippen molar-refractivity contribution in [2.24, 2.45) is 0 Å². The Morgan fingerprint density at radius 1 is 1.02 bits per heavy atom. The van der Waals surface area contributed by atoms with Crippen LogP contribution in [0.1, 0.15) is 64.9 Å². The lowest BCUT2D eigenvalue weighted by Crippen LogP contribution is -2.23. The van der Waals surface area contributed by atoms with Gasteiger partial charge in [0.1, 0.15) is 11.4 Å². The Morgan fingerprint density at radius 2 is 1.77 bits per heavy atom. The van der Waals surface area contributed by atoms with E-state index in [0.717, 1.165) is 42.5 Å². The first-order valence-electron chi connectivity index (χ1n) is 13.7. The number of methoxy groups -OCH3 is 2. The lowest BCUT2D eigenvalue weighted by Gasteiger charge is -2.19. The molecule has 2 rings (SSSR count). The quantitative estimate of drug-likeness (QED) is 0.102. The fourth-order valence-electron chi connectivity index (χ4n) is 3.92. The molecule has 0 unspecified atom stereocenters. The van der Waals surface area contributed by atoms with Gasteiger partial charge < -0.3 is 19.5 Å². The molecule has 0 radical (unpaired) electrons. The van der Waals surface area contributed by atoms with E-state index in [1.54, 1.807) is 26.5 Å². The molecule has 40 heavy (non-hydrogen) atoms. The topological polar surface area (TPSA) is 99.6 Å². The van der Waals surface area contributed by atoms with Crippen molar-refractivity contribution in [1.82, 2.24) is 9.97 Å². The third kappa shape index (κ3) is 12.3. The van der Waals surface area contributed by atoms with Crippen molar-refractivity contribution in [2.75, 3.05) is 26.1 Å². The maximum Gasteiger partial charge on any atom is 0.306 e. The highest BCUT2D eigenvalue weighted by Crippen LogP contribution is 2.20. The van der Waals surface area contributed by atoms with E-state index in [4.69, 9.17) is 14.2 Å². The molecule has 0 spiro atoms. The molecule has 0 saturated carbocycles. The Balaban J connectivity index is 1.83. The normalized spacial score (nSPS) is 12.0. The van der Waals surface area contributed by atoms with Gasteiger partial charge in [-0.3, -0.25) is 9.59 Å². The molecule has 2 aromatic rings. The number of ketones is 1. The van der Waals surface area contributed by atoms with E-state index >= 15 is 0 Å². The minimum atomic E-state index is -0.462. The highest BCUT2D eigenvalue weighted by Gasteiger charge is 2.15. The Morgan fingerprint density at radius 3 is 2.48 bits per heavy atom. The monoisotopic (exact) mass is 549 g/mol. The molecule has 0 atom stereocenters. The summed E-state index contributed by atoms with van der Waals surface area (Å²) in [4.78, 5) is 33.3. The summed E-state index contributed by atoms with van der Waals surface area (Å²) in [6.07, 6.45) is 11.4. The fourth-order valence-corrected chi connectivity index (χ4v) is 3.92. The first kappa shape index (κ1) is 32.3. The SMILES string of the molecule is C=C/C(OC)=C(\C=C\CCNc1nccc(-c2cccc(CC(=O)CCCCCC(=O)OC(C)(C)C)c2)n1)OC. The molecule has 0 aliphatic carbocycles. The second-order valence-corrected chi connectivity index (χ2v) is 10.3. The molecule has 0 fully saturated rings. The molecule has 1 aromatic heterocycles. The average Bonchev–Trinajstić information content (AvgIpc) is 2.91. The number of benzene rings is 1. The highest BCUT2D eigenvalue weighted by molar-refractivity contribution is 5.81. The van der Waals surface area contributed by atoms with Crippen LogP contribution in [0.4, 0.5) is 5.95 Å². The molecule has 0 amide bonds. The van der Waals surface area contributed by atoms with Crippen molar-refractivity contribution in [3.63, 3.8) is 0 Å². The first-order chi connectivity index (χ1) is 19.1. The molecule has 8 nitrogen and oxygen atoms in total. The van der Waals surface area contributed by atoms with Gasteiger partial charge in [-0.15, -0.1) is 0 Å². The van der Waals surface area contributed by atoms with Crippen LogP contribution in [0.25, 0.3) is 11.3 Å². The second kappa shape index (κ2) is 16.9. The van der Waals surface area contributed by atoms with E-state index in [1.807, 2.05) is 63.3 Å². The van der Waals surface area contributed by atoms with Crippen molar-refractivity contribution in [3.05, 3.63) is 78.4 Å². The van der Waals surface area contributed by atoms with E-state index in [0.29, 0.717) is 43.3 Å². The number of anilines is 1. The van der Waals surface area contributed by atoms with E-state index < -0.39 is 5.60 Å². The van der Waals surface area contributed by atoms with Gasteiger partial charge in [-0.2, -0.15) is 0 Å². The molecule has 1 aromatic carbocycles. The standard InChI is InChI=1S/C32H43N3O5/c1-7-28(38-5)29(39-6)17-11-12-20-33-31-34-21-19-27(35-31)25-15-13-14-24(22-25)23-26(36)16-9-8-10-18-30(37)40-32(2,3)4/h7,11,13-15,17,19,21-22H,1,8-10,12,16,18,20,23H2,2-6H3,(H,33,34,35)/b17-11+,29-28-. The fraction of sp³-hybridized carbons (Fsp3) is 0.438. The number of nitrogens with one attached hydrogen (secondary N) is 1. The highest BCUT2D eigenvalue weighted by atomic mass is 16.6. The number of hydrogen-bond acceptors (Lipinski definition) is 8. The van der Waals surface area contributed by atoms with Crippen molar-refractivity contribution < 1.29 is 23.8 Å². The van der Waals surface area contributed by atoms with Gasteiger partial charge in [-0.05, 0) is 69.9 Å². The first-order valence-corrected chi connectivity index (χ1v) is 13.7. The van der Waals surface area contributed by atoms with Gasteiger partial charge in [0.2, 0.25) is 5.95 Å². The number of aromatic nitrogens is 2. The minimum absolute atomic E-state index is 0.185. The maximum absolute atomic E-state index is 12.5. The zero-order valence-corrected chi connectivity index (χ0v) is 24.5. The number of carbonyl (C=O) groups is 2. The van der Waals surface area contributed by atoms with Crippen molar-refractivity contribution in [3.8, 4) is 11.3 Å². The predicted octanol–water partition coefficient (Wildman–Crippen LogP) is 6.60. The van der Waals surface area contributed by atoms with E-state index in [1.165, 1.54) is 0 Å². The van der Waals surface area contributed by atoms with Crippen LogP contribution in [0.5, 0.6) is 0 Å². The number of hydrogen-bond donors (Lipinski definition) is 1. The van der Waals surface area contributed by atoms with Crippen molar-refractivity contribution >= 4 is 17.7 Å².